The third-order valence-corrected chi connectivity index (χ3v) is 4.94. The minimum atomic E-state index is -0.435. The van der Waals surface area contributed by atoms with Gasteiger partial charge in [-0.3, -0.25) is 0 Å². The Labute approximate surface area is 126 Å². The quantitative estimate of drug-likeness (QED) is 0.785. The van der Waals surface area contributed by atoms with Crippen LogP contribution in [0.15, 0.2) is 9.00 Å². The van der Waals surface area contributed by atoms with Gasteiger partial charge in [-0.2, -0.15) is 0 Å². The van der Waals surface area contributed by atoms with Gasteiger partial charge in [-0.25, -0.2) is 4.79 Å². The Morgan fingerprint density at radius 1 is 1.40 bits per heavy atom. The summed E-state index contributed by atoms with van der Waals surface area (Å²) in [5.41, 5.74) is 0.566. The van der Waals surface area contributed by atoms with Crippen LogP contribution in [-0.2, 0) is 4.74 Å². The molecule has 1 saturated carbocycles. The molecule has 0 aromatic carbocycles. The van der Waals surface area contributed by atoms with E-state index in [1.54, 1.807) is 4.90 Å². The normalized spacial score (nSPS) is 28.4. The topological polar surface area (TPSA) is 55.6 Å². The van der Waals surface area contributed by atoms with Crippen molar-refractivity contribution in [1.29, 1.82) is 0 Å². The number of amides is 1. The molecule has 0 N–H and O–H groups in total. The molecule has 1 aromatic heterocycles. The van der Waals surface area contributed by atoms with Gasteiger partial charge in [0.1, 0.15) is 17.1 Å². The molecule has 1 aromatic rings. The van der Waals surface area contributed by atoms with Crippen LogP contribution in [0.25, 0.3) is 0 Å². The zero-order valence-electron chi connectivity index (χ0n) is 12.1. The number of ether oxygens (including phenoxy) is 1. The molecule has 20 heavy (non-hydrogen) atoms. The second kappa shape index (κ2) is 4.48. The first kappa shape index (κ1) is 13.9. The first-order valence-corrected chi connectivity index (χ1v) is 7.67. The number of carbonyl (C=O) groups is 1. The van der Waals surface area contributed by atoms with E-state index in [9.17, 15) is 4.79 Å². The van der Waals surface area contributed by atoms with Gasteiger partial charge in [0.25, 0.3) is 0 Å². The van der Waals surface area contributed by atoms with Crippen LogP contribution in [0.5, 0.6) is 0 Å². The van der Waals surface area contributed by atoms with Gasteiger partial charge in [0, 0.05) is 19.0 Å². The van der Waals surface area contributed by atoms with Crippen molar-refractivity contribution in [2.45, 2.75) is 39.2 Å². The summed E-state index contributed by atoms with van der Waals surface area (Å²) in [6.07, 6.45) is -0.209. The Kier molecular flexibility index (Phi) is 3.12. The van der Waals surface area contributed by atoms with Gasteiger partial charge in [-0.05, 0) is 55.5 Å². The van der Waals surface area contributed by atoms with Crippen molar-refractivity contribution in [2.75, 3.05) is 13.1 Å². The molecule has 3 atom stereocenters. The molecule has 1 aliphatic carbocycles. The lowest BCUT2D eigenvalue weighted by molar-refractivity contribution is 0.0270. The number of nitrogens with zero attached hydrogens (tertiary/aromatic N) is 2. The van der Waals surface area contributed by atoms with Crippen LogP contribution >= 0.6 is 15.9 Å². The summed E-state index contributed by atoms with van der Waals surface area (Å²) in [7, 11) is 0. The van der Waals surface area contributed by atoms with Crippen molar-refractivity contribution in [2.24, 2.45) is 11.8 Å². The fourth-order valence-electron chi connectivity index (χ4n) is 2.99. The smallest absolute Gasteiger partial charge is 0.410 e. The molecule has 2 unspecified atom stereocenters. The summed E-state index contributed by atoms with van der Waals surface area (Å²) < 4.78 is 11.6. The molecular formula is C14H19BrN2O3. The maximum absolute atomic E-state index is 12.0. The number of aromatic nitrogens is 1. The number of fused-ring (bicyclic) bond motifs is 1. The van der Waals surface area contributed by atoms with Gasteiger partial charge in [-0.1, -0.05) is 5.16 Å². The zero-order valence-corrected chi connectivity index (χ0v) is 13.7. The Morgan fingerprint density at radius 2 is 2.00 bits per heavy atom. The standard InChI is InChI=1S/C14H19BrN2O3/c1-7-11(15)12(16-20-7)10-8-5-17(6-9(8)10)13(18)19-14(2,3)4/h8-10H,5-6H2,1-4H3/t8-,9?,10?/m1/s1. The van der Waals surface area contributed by atoms with Crippen LogP contribution in [0.4, 0.5) is 4.79 Å². The van der Waals surface area contributed by atoms with E-state index in [0.717, 1.165) is 29.0 Å². The number of piperidine rings is 1. The summed E-state index contributed by atoms with van der Waals surface area (Å²) in [6, 6.07) is 0. The van der Waals surface area contributed by atoms with Gasteiger partial charge in [0.2, 0.25) is 0 Å². The summed E-state index contributed by atoms with van der Waals surface area (Å²) >= 11 is 3.52. The van der Waals surface area contributed by atoms with Gasteiger partial charge in [-0.15, -0.1) is 0 Å². The average Bonchev–Trinajstić information content (AvgIpc) is 2.70. The Bertz CT molecular complexity index is 537. The van der Waals surface area contributed by atoms with Crippen molar-refractivity contribution in [1.82, 2.24) is 10.1 Å². The van der Waals surface area contributed by atoms with E-state index in [-0.39, 0.29) is 6.09 Å². The second-order valence-electron chi connectivity index (χ2n) is 6.68. The van der Waals surface area contributed by atoms with E-state index in [1.165, 1.54) is 0 Å². The van der Waals surface area contributed by atoms with Crippen LogP contribution in [0.2, 0.25) is 0 Å². The first-order chi connectivity index (χ1) is 9.28. The molecule has 1 aliphatic heterocycles. The predicted molar refractivity (Wildman–Crippen MR) is 76.5 cm³/mol. The van der Waals surface area contributed by atoms with E-state index in [0.29, 0.717) is 17.8 Å². The summed E-state index contributed by atoms with van der Waals surface area (Å²) in [6.45, 7) is 9.07. The minimum absolute atomic E-state index is 0.209. The highest BCUT2D eigenvalue weighted by Crippen LogP contribution is 2.59. The molecule has 110 valence electrons. The minimum Gasteiger partial charge on any atom is -0.444 e. The van der Waals surface area contributed by atoms with Crippen molar-refractivity contribution in [3.63, 3.8) is 0 Å². The maximum Gasteiger partial charge on any atom is 0.410 e. The van der Waals surface area contributed by atoms with E-state index < -0.39 is 5.60 Å². The van der Waals surface area contributed by atoms with E-state index in [2.05, 4.69) is 21.1 Å². The van der Waals surface area contributed by atoms with Crippen LogP contribution in [0, 0.1) is 18.8 Å². The highest BCUT2D eigenvalue weighted by Gasteiger charge is 2.59. The molecule has 1 amide bonds. The largest absolute Gasteiger partial charge is 0.444 e. The lowest BCUT2D eigenvalue weighted by Crippen LogP contribution is -2.36. The molecule has 0 radical (unpaired) electrons. The Morgan fingerprint density at radius 3 is 2.45 bits per heavy atom. The number of hydrogen-bond donors (Lipinski definition) is 0. The number of halogens is 1. The predicted octanol–water partition coefficient (Wildman–Crippen LogP) is 3.33. The Balaban J connectivity index is 1.61. The number of carbonyl (C=O) groups excluding carboxylic acids is 1. The lowest BCUT2D eigenvalue weighted by Gasteiger charge is -2.25. The lowest BCUT2D eigenvalue weighted by atomic mass is 10.2. The van der Waals surface area contributed by atoms with Gasteiger partial charge in [0.15, 0.2) is 0 Å². The number of aryl methyl sites for hydroxylation is 1. The molecule has 3 rings (SSSR count). The molecule has 2 aliphatic rings. The highest BCUT2D eigenvalue weighted by molar-refractivity contribution is 9.10. The van der Waals surface area contributed by atoms with Gasteiger partial charge in [0.05, 0.1) is 4.47 Å². The van der Waals surface area contributed by atoms with Crippen LogP contribution < -0.4 is 0 Å². The maximum atomic E-state index is 12.0. The van der Waals surface area contributed by atoms with Gasteiger partial charge < -0.3 is 14.2 Å². The van der Waals surface area contributed by atoms with Crippen molar-refractivity contribution >= 4 is 22.0 Å². The zero-order chi connectivity index (χ0) is 14.7. The monoisotopic (exact) mass is 342 g/mol. The molecule has 6 heteroatoms. The summed E-state index contributed by atoms with van der Waals surface area (Å²) in [5, 5.41) is 4.13. The fourth-order valence-corrected chi connectivity index (χ4v) is 3.40. The molecule has 2 heterocycles. The third-order valence-electron chi connectivity index (χ3n) is 3.98. The van der Waals surface area contributed by atoms with Crippen LogP contribution in [-0.4, -0.2) is 34.8 Å². The van der Waals surface area contributed by atoms with Crippen molar-refractivity contribution in [3.05, 3.63) is 15.9 Å². The molecular weight excluding hydrogens is 324 g/mol. The summed E-state index contributed by atoms with van der Waals surface area (Å²) in [5.74, 6) is 2.21. The van der Waals surface area contributed by atoms with Crippen LogP contribution in [0.3, 0.4) is 0 Å². The molecule has 2 fully saturated rings. The summed E-state index contributed by atoms with van der Waals surface area (Å²) in [4.78, 5) is 13.8. The highest BCUT2D eigenvalue weighted by atomic mass is 79.9. The van der Waals surface area contributed by atoms with E-state index in [4.69, 9.17) is 9.26 Å². The van der Waals surface area contributed by atoms with Crippen molar-refractivity contribution in [3.8, 4) is 0 Å². The number of likely N-dealkylation sites (tertiary alicyclic amines) is 1. The molecule has 0 spiro atoms. The third kappa shape index (κ3) is 2.34. The van der Waals surface area contributed by atoms with Crippen LogP contribution in [0.1, 0.15) is 38.1 Å². The number of rotatable bonds is 1. The van der Waals surface area contributed by atoms with E-state index in [1.807, 2.05) is 27.7 Å². The fraction of sp³-hybridized carbons (Fsp3) is 0.714. The van der Waals surface area contributed by atoms with Crippen molar-refractivity contribution < 1.29 is 14.1 Å². The Hall–Kier alpha value is -1.04. The second-order valence-corrected chi connectivity index (χ2v) is 7.47. The number of hydrogen-bond acceptors (Lipinski definition) is 4. The van der Waals surface area contributed by atoms with E-state index >= 15 is 0 Å². The molecule has 5 nitrogen and oxygen atoms in total. The van der Waals surface area contributed by atoms with Gasteiger partial charge >= 0.3 is 6.09 Å². The molecule has 1 saturated heterocycles. The SMILES string of the molecule is Cc1onc(C2C3CN(C(=O)OC(C)(C)C)C[C@H]32)c1Br. The molecule has 0 bridgehead atoms. The first-order valence-electron chi connectivity index (χ1n) is 6.87. The average molecular weight is 343 g/mol.